The fraction of sp³-hybridized carbons (Fsp3) is 0.250. The Morgan fingerprint density at radius 1 is 1.22 bits per heavy atom. The molecule has 0 bridgehead atoms. The van der Waals surface area contributed by atoms with Crippen molar-refractivity contribution in [3.05, 3.63) is 81.2 Å². The van der Waals surface area contributed by atoms with Gasteiger partial charge in [0, 0.05) is 25.8 Å². The van der Waals surface area contributed by atoms with Crippen LogP contribution in [-0.2, 0) is 23.5 Å². The van der Waals surface area contributed by atoms with E-state index < -0.39 is 28.4 Å². The molecule has 1 fully saturated rings. The van der Waals surface area contributed by atoms with Gasteiger partial charge in [-0.25, -0.2) is 9.97 Å². The van der Waals surface area contributed by atoms with Crippen LogP contribution in [0.15, 0.2) is 53.6 Å². The summed E-state index contributed by atoms with van der Waals surface area (Å²) in [6.07, 6.45) is -2.72. The fourth-order valence-electron chi connectivity index (χ4n) is 3.83. The van der Waals surface area contributed by atoms with Gasteiger partial charge in [-0.1, -0.05) is 41.4 Å². The zero-order valence-electron chi connectivity index (χ0n) is 18.9. The molecule has 13 heteroatoms. The highest BCUT2D eigenvalue weighted by atomic mass is 35.5. The second-order valence-corrected chi connectivity index (χ2v) is 10.6. The first kappa shape index (κ1) is 26.9. The Labute approximate surface area is 222 Å². The van der Waals surface area contributed by atoms with Crippen molar-refractivity contribution in [2.45, 2.75) is 29.3 Å². The molecule has 2 aromatic carbocycles. The van der Waals surface area contributed by atoms with Crippen LogP contribution >= 0.6 is 23.2 Å². The summed E-state index contributed by atoms with van der Waals surface area (Å²) >= 11 is 12.3. The van der Waals surface area contributed by atoms with Crippen molar-refractivity contribution >= 4 is 45.7 Å². The van der Waals surface area contributed by atoms with Gasteiger partial charge in [0.2, 0.25) is 5.82 Å². The first-order valence-corrected chi connectivity index (χ1v) is 12.9. The predicted octanol–water partition coefficient (Wildman–Crippen LogP) is 4.99. The number of alkyl halides is 3. The standard InChI is InChI=1S/C24H18Cl2F3N5O2S/c25-18-2-1-3-19(21(18)26)37(36)16-8-9-34(13-16)22-17(12-31-20(10-30)33-22)23(35)32-11-14-4-6-15(7-5-14)24(27,28)29/h1-7,12,16H,8-9,11,13H2,(H,32,35). The van der Waals surface area contributed by atoms with Crippen molar-refractivity contribution < 1.29 is 22.2 Å². The second kappa shape index (κ2) is 11.0. The summed E-state index contributed by atoms with van der Waals surface area (Å²) in [6.45, 7) is 0.655. The highest BCUT2D eigenvalue weighted by molar-refractivity contribution is 7.85. The van der Waals surface area contributed by atoms with Gasteiger partial charge in [-0.15, -0.1) is 0 Å². The smallest absolute Gasteiger partial charge is 0.355 e. The maximum Gasteiger partial charge on any atom is 0.416 e. The normalized spacial score (nSPS) is 16.3. The van der Waals surface area contributed by atoms with E-state index in [1.165, 1.54) is 18.3 Å². The number of rotatable bonds is 6. The molecule has 0 saturated carbocycles. The number of carbonyl (C=O) groups excluding carboxylic acids is 1. The number of carbonyl (C=O) groups is 1. The van der Waals surface area contributed by atoms with Gasteiger partial charge in [-0.05, 0) is 36.2 Å². The van der Waals surface area contributed by atoms with Crippen molar-refractivity contribution in [3.8, 4) is 6.07 Å². The van der Waals surface area contributed by atoms with Gasteiger partial charge >= 0.3 is 6.18 Å². The number of benzene rings is 2. The lowest BCUT2D eigenvalue weighted by Crippen LogP contribution is -2.30. The molecule has 1 aliphatic rings. The minimum Gasteiger partial charge on any atom is -0.355 e. The zero-order valence-corrected chi connectivity index (χ0v) is 21.3. The summed E-state index contributed by atoms with van der Waals surface area (Å²) < 4.78 is 51.5. The molecule has 192 valence electrons. The maximum absolute atomic E-state index is 13.2. The molecule has 3 aromatic rings. The molecule has 0 spiro atoms. The molecule has 7 nitrogen and oxygen atoms in total. The molecule has 0 radical (unpaired) electrons. The predicted molar refractivity (Wildman–Crippen MR) is 133 cm³/mol. The van der Waals surface area contributed by atoms with E-state index in [1.807, 2.05) is 6.07 Å². The maximum atomic E-state index is 13.2. The van der Waals surface area contributed by atoms with Crippen molar-refractivity contribution in [1.29, 1.82) is 5.26 Å². The average molecular weight is 568 g/mol. The SMILES string of the molecule is N#Cc1ncc(C(=O)NCc2ccc(C(F)(F)F)cc2)c(N2CCC(S(=O)c3cccc(Cl)c3Cl)C2)n1. The van der Waals surface area contributed by atoms with E-state index in [-0.39, 0.29) is 40.6 Å². The number of nitriles is 1. The summed E-state index contributed by atoms with van der Waals surface area (Å²) in [5, 5.41) is 12.1. The zero-order chi connectivity index (χ0) is 26.7. The van der Waals surface area contributed by atoms with Crippen LogP contribution in [0.1, 0.15) is 33.7 Å². The first-order chi connectivity index (χ1) is 17.6. The van der Waals surface area contributed by atoms with E-state index in [4.69, 9.17) is 23.2 Å². The summed E-state index contributed by atoms with van der Waals surface area (Å²) in [6, 6.07) is 11.2. The second-order valence-electron chi connectivity index (χ2n) is 8.13. The molecule has 37 heavy (non-hydrogen) atoms. The van der Waals surface area contributed by atoms with Crippen LogP contribution in [-0.4, -0.2) is 38.4 Å². The minimum absolute atomic E-state index is 0.0314. The largest absolute Gasteiger partial charge is 0.416 e. The Bertz CT molecular complexity index is 1400. The number of anilines is 1. The van der Waals surface area contributed by atoms with Crippen LogP contribution in [0.4, 0.5) is 19.0 Å². The molecule has 1 aromatic heterocycles. The topological polar surface area (TPSA) is 99.0 Å². The van der Waals surface area contributed by atoms with Crippen LogP contribution in [0.5, 0.6) is 0 Å². The Kier molecular flexibility index (Phi) is 8.02. The fourth-order valence-corrected chi connectivity index (χ4v) is 5.91. The Balaban J connectivity index is 1.50. The molecule has 1 amide bonds. The first-order valence-electron chi connectivity index (χ1n) is 10.9. The number of hydrogen-bond acceptors (Lipinski definition) is 6. The van der Waals surface area contributed by atoms with Crippen LogP contribution in [0.3, 0.4) is 0 Å². The number of nitrogens with one attached hydrogen (secondary N) is 1. The van der Waals surface area contributed by atoms with E-state index in [1.54, 1.807) is 23.1 Å². The Morgan fingerprint density at radius 2 is 1.95 bits per heavy atom. The number of aromatic nitrogens is 2. The molecular weight excluding hydrogens is 550 g/mol. The van der Waals surface area contributed by atoms with Gasteiger partial charge in [0.05, 0.1) is 36.6 Å². The van der Waals surface area contributed by atoms with Crippen LogP contribution < -0.4 is 10.2 Å². The van der Waals surface area contributed by atoms with Crippen LogP contribution in [0.2, 0.25) is 10.0 Å². The molecule has 1 saturated heterocycles. The van der Waals surface area contributed by atoms with E-state index in [9.17, 15) is 27.4 Å². The molecule has 1 N–H and O–H groups in total. The van der Waals surface area contributed by atoms with Gasteiger partial charge in [0.15, 0.2) is 0 Å². The number of nitrogens with zero attached hydrogens (tertiary/aromatic N) is 4. The molecule has 2 unspecified atom stereocenters. The number of amides is 1. The summed E-state index contributed by atoms with van der Waals surface area (Å²) in [7, 11) is -1.48. The monoisotopic (exact) mass is 567 g/mol. The van der Waals surface area contributed by atoms with E-state index in [2.05, 4.69) is 15.3 Å². The van der Waals surface area contributed by atoms with E-state index in [0.29, 0.717) is 28.4 Å². The third-order valence-corrected chi connectivity index (χ3v) is 8.42. The Hall–Kier alpha value is -3.20. The minimum atomic E-state index is -4.45. The molecule has 4 rings (SSSR count). The van der Waals surface area contributed by atoms with E-state index >= 15 is 0 Å². The molecule has 0 aliphatic carbocycles. The number of halogens is 5. The highest BCUT2D eigenvalue weighted by Crippen LogP contribution is 2.33. The van der Waals surface area contributed by atoms with E-state index in [0.717, 1.165) is 12.1 Å². The number of hydrogen-bond donors (Lipinski definition) is 1. The lowest BCUT2D eigenvalue weighted by molar-refractivity contribution is -0.137. The Morgan fingerprint density at radius 3 is 2.62 bits per heavy atom. The lowest BCUT2D eigenvalue weighted by Gasteiger charge is -2.20. The summed E-state index contributed by atoms with van der Waals surface area (Å²) in [4.78, 5) is 23.2. The van der Waals surface area contributed by atoms with Gasteiger partial charge in [0.25, 0.3) is 5.91 Å². The van der Waals surface area contributed by atoms with Gasteiger partial charge in [-0.3, -0.25) is 9.00 Å². The lowest BCUT2D eigenvalue weighted by atomic mass is 10.1. The van der Waals surface area contributed by atoms with Crippen LogP contribution in [0, 0.1) is 11.3 Å². The molecule has 2 atom stereocenters. The van der Waals surface area contributed by atoms with Crippen LogP contribution in [0.25, 0.3) is 0 Å². The molecule has 1 aliphatic heterocycles. The van der Waals surface area contributed by atoms with Gasteiger partial charge in [-0.2, -0.15) is 18.4 Å². The molecule has 2 heterocycles. The van der Waals surface area contributed by atoms with Crippen molar-refractivity contribution in [2.24, 2.45) is 0 Å². The van der Waals surface area contributed by atoms with Crippen molar-refractivity contribution in [1.82, 2.24) is 15.3 Å². The molecular formula is C24H18Cl2F3N5O2S. The summed E-state index contributed by atoms with van der Waals surface area (Å²) in [5.41, 5.74) is -0.240. The van der Waals surface area contributed by atoms with Crippen molar-refractivity contribution in [2.75, 3.05) is 18.0 Å². The van der Waals surface area contributed by atoms with Gasteiger partial charge < -0.3 is 10.2 Å². The van der Waals surface area contributed by atoms with Gasteiger partial charge in [0.1, 0.15) is 17.5 Å². The third-order valence-electron chi connectivity index (χ3n) is 5.73. The average Bonchev–Trinajstić information content (AvgIpc) is 3.38. The third kappa shape index (κ3) is 6.04. The quantitative estimate of drug-likeness (QED) is 0.450. The van der Waals surface area contributed by atoms with Crippen molar-refractivity contribution in [3.63, 3.8) is 0 Å². The highest BCUT2D eigenvalue weighted by Gasteiger charge is 2.33. The summed E-state index contributed by atoms with van der Waals surface area (Å²) in [5.74, 6) is -0.508.